The number of fused-ring (bicyclic) bond motifs is 1. The van der Waals surface area contributed by atoms with Gasteiger partial charge in [0.2, 0.25) is 5.82 Å². The van der Waals surface area contributed by atoms with E-state index in [2.05, 4.69) is 4.98 Å². The van der Waals surface area contributed by atoms with Crippen LogP contribution < -0.4 is 0 Å². The minimum atomic E-state index is -4.62. The number of aromatic nitrogens is 2. The molecular weight excluding hydrogens is 351 g/mol. The second-order valence-corrected chi connectivity index (χ2v) is 6.52. The highest BCUT2D eigenvalue weighted by Crippen LogP contribution is 2.34. The summed E-state index contributed by atoms with van der Waals surface area (Å²) in [6.45, 7) is 6.05. The van der Waals surface area contributed by atoms with Crippen LogP contribution in [0.4, 0.5) is 13.2 Å². The fourth-order valence-electron chi connectivity index (χ4n) is 2.75. The van der Waals surface area contributed by atoms with Gasteiger partial charge in [0, 0.05) is 17.6 Å². The van der Waals surface area contributed by atoms with E-state index in [1.54, 1.807) is 27.7 Å². The first-order valence-electron chi connectivity index (χ1n) is 8.05. The van der Waals surface area contributed by atoms with Crippen molar-refractivity contribution in [2.45, 2.75) is 46.0 Å². The van der Waals surface area contributed by atoms with Gasteiger partial charge in [0.05, 0.1) is 11.0 Å². The van der Waals surface area contributed by atoms with Crippen LogP contribution in [0.15, 0.2) is 18.2 Å². The van der Waals surface area contributed by atoms with Gasteiger partial charge in [-0.2, -0.15) is 13.2 Å². The van der Waals surface area contributed by atoms with Crippen molar-refractivity contribution in [1.29, 1.82) is 0 Å². The molecule has 1 N–H and O–H groups in total. The Kier molecular flexibility index (Phi) is 5.29. The number of nitrogens with zero attached hydrogens (tertiary/aromatic N) is 3. The molecule has 0 spiro atoms. The third-order valence-corrected chi connectivity index (χ3v) is 3.90. The molecule has 6 nitrogen and oxygen atoms in total. The van der Waals surface area contributed by atoms with E-state index in [0.29, 0.717) is 0 Å². The standard InChI is InChI=1S/C17H20F3N3O3/c1-9(2)22(8-14(24)25)15(26)11-5-6-13-12(7-11)21-16(17(18,19)20)23(13)10(3)4/h5-7,9-10H,8H2,1-4H3,(H,24,25). The van der Waals surface area contributed by atoms with Gasteiger partial charge < -0.3 is 14.6 Å². The molecule has 0 fully saturated rings. The van der Waals surface area contributed by atoms with E-state index in [4.69, 9.17) is 5.11 Å². The Balaban J connectivity index is 2.55. The van der Waals surface area contributed by atoms with Crippen molar-refractivity contribution >= 4 is 22.9 Å². The van der Waals surface area contributed by atoms with Gasteiger partial charge in [-0.15, -0.1) is 0 Å². The molecule has 142 valence electrons. The molecule has 1 heterocycles. The maximum absolute atomic E-state index is 13.3. The topological polar surface area (TPSA) is 75.4 Å². The summed E-state index contributed by atoms with van der Waals surface area (Å²) in [4.78, 5) is 28.4. The zero-order valence-electron chi connectivity index (χ0n) is 14.8. The van der Waals surface area contributed by atoms with Crippen molar-refractivity contribution in [3.05, 3.63) is 29.6 Å². The van der Waals surface area contributed by atoms with Crippen LogP contribution in [0.2, 0.25) is 0 Å². The van der Waals surface area contributed by atoms with Gasteiger partial charge >= 0.3 is 12.1 Å². The van der Waals surface area contributed by atoms with E-state index < -0.39 is 36.5 Å². The summed E-state index contributed by atoms with van der Waals surface area (Å²) in [6, 6.07) is 3.21. The molecule has 1 aromatic heterocycles. The van der Waals surface area contributed by atoms with Crippen molar-refractivity contribution in [2.75, 3.05) is 6.54 Å². The Hall–Kier alpha value is -2.58. The van der Waals surface area contributed by atoms with Crippen molar-refractivity contribution < 1.29 is 27.9 Å². The lowest BCUT2D eigenvalue weighted by molar-refractivity contribution is -0.147. The highest BCUT2D eigenvalue weighted by molar-refractivity contribution is 5.98. The van der Waals surface area contributed by atoms with Crippen LogP contribution in [-0.4, -0.2) is 44.0 Å². The molecule has 0 aliphatic carbocycles. The van der Waals surface area contributed by atoms with Crippen LogP contribution in [0.5, 0.6) is 0 Å². The lowest BCUT2D eigenvalue weighted by atomic mass is 10.1. The van der Waals surface area contributed by atoms with Gasteiger partial charge in [-0.25, -0.2) is 4.98 Å². The van der Waals surface area contributed by atoms with Crippen LogP contribution in [0.1, 0.15) is 49.9 Å². The molecule has 0 bridgehead atoms. The van der Waals surface area contributed by atoms with Crippen LogP contribution in [0.25, 0.3) is 11.0 Å². The van der Waals surface area contributed by atoms with Crippen LogP contribution >= 0.6 is 0 Å². The molecule has 0 saturated carbocycles. The summed E-state index contributed by atoms with van der Waals surface area (Å²) in [6.07, 6.45) is -4.62. The molecule has 9 heteroatoms. The monoisotopic (exact) mass is 371 g/mol. The van der Waals surface area contributed by atoms with E-state index in [1.165, 1.54) is 18.2 Å². The molecule has 0 radical (unpaired) electrons. The molecule has 0 atom stereocenters. The average molecular weight is 371 g/mol. The zero-order valence-corrected chi connectivity index (χ0v) is 14.8. The number of carbonyl (C=O) groups is 2. The van der Waals surface area contributed by atoms with Gasteiger partial charge in [0.15, 0.2) is 0 Å². The normalized spacial score (nSPS) is 12.2. The number of carbonyl (C=O) groups excluding carboxylic acids is 1. The SMILES string of the molecule is CC(C)N(CC(=O)O)C(=O)c1ccc2c(c1)nc(C(F)(F)F)n2C(C)C. The lowest BCUT2D eigenvalue weighted by Crippen LogP contribution is -2.40. The Morgan fingerprint density at radius 2 is 1.85 bits per heavy atom. The fourth-order valence-corrected chi connectivity index (χ4v) is 2.75. The van der Waals surface area contributed by atoms with Crippen molar-refractivity contribution in [2.24, 2.45) is 0 Å². The summed E-state index contributed by atoms with van der Waals surface area (Å²) >= 11 is 0. The lowest BCUT2D eigenvalue weighted by Gasteiger charge is -2.25. The molecule has 1 amide bonds. The Bertz CT molecular complexity index is 841. The molecule has 26 heavy (non-hydrogen) atoms. The minimum Gasteiger partial charge on any atom is -0.480 e. The van der Waals surface area contributed by atoms with Crippen LogP contribution in [0.3, 0.4) is 0 Å². The maximum Gasteiger partial charge on any atom is 0.449 e. The summed E-state index contributed by atoms with van der Waals surface area (Å²) in [5, 5.41) is 8.96. The summed E-state index contributed by atoms with van der Waals surface area (Å²) < 4.78 is 40.8. The number of hydrogen-bond donors (Lipinski definition) is 1. The molecule has 2 aromatic rings. The summed E-state index contributed by atoms with van der Waals surface area (Å²) in [7, 11) is 0. The van der Waals surface area contributed by atoms with Gasteiger partial charge in [-0.05, 0) is 45.9 Å². The number of carboxylic acids is 1. The summed E-state index contributed by atoms with van der Waals surface area (Å²) in [5.74, 6) is -2.77. The third kappa shape index (κ3) is 3.81. The van der Waals surface area contributed by atoms with Crippen LogP contribution in [0, 0.1) is 0 Å². The molecule has 0 aliphatic heterocycles. The Labute approximate surface area is 148 Å². The molecular formula is C17H20F3N3O3. The smallest absolute Gasteiger partial charge is 0.449 e. The number of halogens is 3. The number of aliphatic carboxylic acids is 1. The highest BCUT2D eigenvalue weighted by Gasteiger charge is 2.38. The number of amides is 1. The number of imidazole rings is 1. The summed E-state index contributed by atoms with van der Waals surface area (Å²) in [5.41, 5.74) is 0.392. The maximum atomic E-state index is 13.3. The quantitative estimate of drug-likeness (QED) is 0.872. The van der Waals surface area contributed by atoms with E-state index >= 15 is 0 Å². The van der Waals surface area contributed by atoms with E-state index in [9.17, 15) is 22.8 Å². The second-order valence-electron chi connectivity index (χ2n) is 6.52. The van der Waals surface area contributed by atoms with Gasteiger partial charge in [0.25, 0.3) is 5.91 Å². The van der Waals surface area contributed by atoms with Gasteiger partial charge in [-0.3, -0.25) is 9.59 Å². The van der Waals surface area contributed by atoms with E-state index in [0.717, 1.165) is 9.47 Å². The molecule has 0 unspecified atom stereocenters. The number of hydrogen-bond acceptors (Lipinski definition) is 3. The van der Waals surface area contributed by atoms with Gasteiger partial charge in [-0.1, -0.05) is 0 Å². The Morgan fingerprint density at radius 1 is 1.23 bits per heavy atom. The molecule has 0 saturated heterocycles. The van der Waals surface area contributed by atoms with Crippen molar-refractivity contribution in [3.8, 4) is 0 Å². The van der Waals surface area contributed by atoms with Crippen LogP contribution in [-0.2, 0) is 11.0 Å². The fraction of sp³-hybridized carbons (Fsp3) is 0.471. The predicted molar refractivity (Wildman–Crippen MR) is 88.9 cm³/mol. The largest absolute Gasteiger partial charge is 0.480 e. The third-order valence-electron chi connectivity index (χ3n) is 3.90. The number of rotatable bonds is 5. The number of carboxylic acid groups (broad SMARTS) is 1. The first-order valence-corrected chi connectivity index (χ1v) is 8.05. The number of benzene rings is 1. The number of alkyl halides is 3. The van der Waals surface area contributed by atoms with E-state index in [1.807, 2.05) is 0 Å². The Morgan fingerprint density at radius 3 is 2.31 bits per heavy atom. The average Bonchev–Trinajstić information content (AvgIpc) is 2.90. The van der Waals surface area contributed by atoms with E-state index in [-0.39, 0.29) is 22.6 Å². The molecule has 1 aromatic carbocycles. The van der Waals surface area contributed by atoms with Gasteiger partial charge in [0.1, 0.15) is 6.54 Å². The minimum absolute atomic E-state index is 0.0379. The predicted octanol–water partition coefficient (Wildman–Crippen LogP) is 3.57. The van der Waals surface area contributed by atoms with Crippen molar-refractivity contribution in [1.82, 2.24) is 14.5 Å². The molecule has 0 aliphatic rings. The first kappa shape index (κ1) is 19.7. The zero-order chi connectivity index (χ0) is 19.8. The second kappa shape index (κ2) is 6.97. The molecule has 2 rings (SSSR count). The van der Waals surface area contributed by atoms with Crippen molar-refractivity contribution in [3.63, 3.8) is 0 Å². The first-order chi connectivity index (χ1) is 11.9. The highest BCUT2D eigenvalue weighted by atomic mass is 19.4.